The van der Waals surface area contributed by atoms with Crippen molar-refractivity contribution in [2.75, 3.05) is 35.6 Å². The van der Waals surface area contributed by atoms with Gasteiger partial charge in [0.2, 0.25) is 0 Å². The smallest absolute Gasteiger partial charge is 0.255 e. The Kier molecular flexibility index (Phi) is 5.43. The van der Waals surface area contributed by atoms with E-state index in [4.69, 9.17) is 10.5 Å². The van der Waals surface area contributed by atoms with Crippen molar-refractivity contribution >= 4 is 23.0 Å². The second kappa shape index (κ2) is 7.92. The summed E-state index contributed by atoms with van der Waals surface area (Å²) in [7, 11) is 0. The number of hydrogen-bond acceptors (Lipinski definition) is 4. The molecule has 2 aromatic rings. The Morgan fingerprint density at radius 1 is 1.20 bits per heavy atom. The third-order valence-electron chi connectivity index (χ3n) is 4.30. The Labute approximate surface area is 148 Å². The summed E-state index contributed by atoms with van der Waals surface area (Å²) in [4.78, 5) is 14.8. The van der Waals surface area contributed by atoms with Crippen LogP contribution in [-0.4, -0.2) is 25.6 Å². The molecule has 5 nitrogen and oxygen atoms in total. The van der Waals surface area contributed by atoms with Crippen LogP contribution in [0.3, 0.4) is 0 Å². The van der Waals surface area contributed by atoms with Crippen LogP contribution in [0.1, 0.15) is 36.5 Å². The third kappa shape index (κ3) is 4.24. The largest absolute Gasteiger partial charge is 0.494 e. The molecule has 1 aliphatic heterocycles. The molecule has 25 heavy (non-hydrogen) atoms. The molecule has 0 radical (unpaired) electrons. The van der Waals surface area contributed by atoms with Crippen molar-refractivity contribution < 1.29 is 9.53 Å². The van der Waals surface area contributed by atoms with Crippen molar-refractivity contribution in [1.82, 2.24) is 0 Å². The average Bonchev–Trinajstić information content (AvgIpc) is 3.14. The van der Waals surface area contributed by atoms with Crippen LogP contribution in [0.25, 0.3) is 0 Å². The number of rotatable bonds is 6. The van der Waals surface area contributed by atoms with Crippen LogP contribution >= 0.6 is 0 Å². The van der Waals surface area contributed by atoms with E-state index in [0.717, 1.165) is 25.2 Å². The van der Waals surface area contributed by atoms with Crippen LogP contribution < -0.4 is 20.7 Å². The van der Waals surface area contributed by atoms with Crippen LogP contribution in [0.15, 0.2) is 42.5 Å². The first-order chi connectivity index (χ1) is 12.2. The predicted octanol–water partition coefficient (Wildman–Crippen LogP) is 3.91. The molecule has 132 valence electrons. The van der Waals surface area contributed by atoms with Crippen molar-refractivity contribution in [3.05, 3.63) is 48.0 Å². The lowest BCUT2D eigenvalue weighted by molar-refractivity contribution is 0.102. The van der Waals surface area contributed by atoms with Gasteiger partial charge in [-0.2, -0.15) is 0 Å². The zero-order valence-corrected chi connectivity index (χ0v) is 14.6. The van der Waals surface area contributed by atoms with Crippen molar-refractivity contribution in [3.63, 3.8) is 0 Å². The summed E-state index contributed by atoms with van der Waals surface area (Å²) >= 11 is 0. The van der Waals surface area contributed by atoms with Gasteiger partial charge in [-0.25, -0.2) is 0 Å². The second-order valence-corrected chi connectivity index (χ2v) is 6.30. The lowest BCUT2D eigenvalue weighted by Gasteiger charge is -2.20. The van der Waals surface area contributed by atoms with E-state index in [1.54, 1.807) is 12.1 Å². The molecular formula is C20H25N3O2. The molecule has 5 heteroatoms. The zero-order chi connectivity index (χ0) is 17.6. The van der Waals surface area contributed by atoms with E-state index in [2.05, 4.69) is 10.2 Å². The summed E-state index contributed by atoms with van der Waals surface area (Å²) in [6.45, 7) is 4.77. The maximum Gasteiger partial charge on any atom is 0.255 e. The highest BCUT2D eigenvalue weighted by molar-refractivity contribution is 6.04. The van der Waals surface area contributed by atoms with Gasteiger partial charge in [0.25, 0.3) is 5.91 Å². The summed E-state index contributed by atoms with van der Waals surface area (Å²) in [5.41, 5.74) is 9.19. The van der Waals surface area contributed by atoms with E-state index in [-0.39, 0.29) is 5.91 Å². The van der Waals surface area contributed by atoms with Crippen LogP contribution in [0, 0.1) is 0 Å². The van der Waals surface area contributed by atoms with Gasteiger partial charge in [-0.3, -0.25) is 4.79 Å². The van der Waals surface area contributed by atoms with Gasteiger partial charge in [-0.1, -0.05) is 13.0 Å². The van der Waals surface area contributed by atoms with E-state index < -0.39 is 0 Å². The monoisotopic (exact) mass is 339 g/mol. The molecule has 3 rings (SSSR count). The lowest BCUT2D eigenvalue weighted by atomic mass is 10.2. The minimum atomic E-state index is -0.171. The molecule has 0 aliphatic carbocycles. The van der Waals surface area contributed by atoms with E-state index in [9.17, 15) is 4.79 Å². The van der Waals surface area contributed by atoms with E-state index in [0.29, 0.717) is 29.3 Å². The molecular weight excluding hydrogens is 314 g/mol. The maximum atomic E-state index is 12.5. The summed E-state index contributed by atoms with van der Waals surface area (Å²) < 4.78 is 5.58. The summed E-state index contributed by atoms with van der Waals surface area (Å²) in [5.74, 6) is 0.536. The number of carbonyl (C=O) groups excluding carboxylic acids is 1. The van der Waals surface area contributed by atoms with Crippen LogP contribution in [0.2, 0.25) is 0 Å². The standard InChI is InChI=1S/C20H25N3O2/c1-2-12-25-17-7-5-6-15(13-17)20(24)22-16-8-9-19(18(21)14-16)23-10-3-4-11-23/h5-9,13-14H,2-4,10-12,21H2,1H3,(H,22,24). The van der Waals surface area contributed by atoms with E-state index in [1.807, 2.05) is 37.3 Å². The normalized spacial score (nSPS) is 13.7. The van der Waals surface area contributed by atoms with Crippen molar-refractivity contribution in [2.24, 2.45) is 0 Å². The Morgan fingerprint density at radius 2 is 2.00 bits per heavy atom. The molecule has 0 bridgehead atoms. The molecule has 0 atom stereocenters. The number of amides is 1. The minimum Gasteiger partial charge on any atom is -0.494 e. The highest BCUT2D eigenvalue weighted by Gasteiger charge is 2.15. The number of nitrogen functional groups attached to an aromatic ring is 1. The average molecular weight is 339 g/mol. The first kappa shape index (κ1) is 17.1. The maximum absolute atomic E-state index is 12.5. The third-order valence-corrected chi connectivity index (χ3v) is 4.30. The van der Waals surface area contributed by atoms with Crippen LogP contribution in [0.4, 0.5) is 17.1 Å². The summed E-state index contributed by atoms with van der Waals surface area (Å²) in [6, 6.07) is 12.9. The summed E-state index contributed by atoms with van der Waals surface area (Å²) in [5, 5.41) is 2.91. The molecule has 1 heterocycles. The van der Waals surface area contributed by atoms with Gasteiger partial charge in [0.1, 0.15) is 5.75 Å². The molecule has 0 spiro atoms. The molecule has 1 aliphatic rings. The van der Waals surface area contributed by atoms with Gasteiger partial charge in [0.15, 0.2) is 0 Å². The van der Waals surface area contributed by atoms with Crippen LogP contribution in [-0.2, 0) is 0 Å². The van der Waals surface area contributed by atoms with Gasteiger partial charge < -0.3 is 20.7 Å². The predicted molar refractivity (Wildman–Crippen MR) is 102 cm³/mol. The molecule has 0 saturated carbocycles. The SMILES string of the molecule is CCCOc1cccc(C(=O)Nc2ccc(N3CCCC3)c(N)c2)c1. The highest BCUT2D eigenvalue weighted by atomic mass is 16.5. The van der Waals surface area contributed by atoms with Crippen molar-refractivity contribution in [3.8, 4) is 5.75 Å². The molecule has 0 unspecified atom stereocenters. The molecule has 2 aromatic carbocycles. The second-order valence-electron chi connectivity index (χ2n) is 6.30. The highest BCUT2D eigenvalue weighted by Crippen LogP contribution is 2.29. The Bertz CT molecular complexity index is 739. The number of nitrogens with two attached hydrogens (primary N) is 1. The zero-order valence-electron chi connectivity index (χ0n) is 14.6. The molecule has 1 amide bonds. The number of hydrogen-bond donors (Lipinski definition) is 2. The number of benzene rings is 2. The molecule has 1 fully saturated rings. The van der Waals surface area contributed by atoms with Crippen LogP contribution in [0.5, 0.6) is 5.75 Å². The fourth-order valence-corrected chi connectivity index (χ4v) is 3.03. The Morgan fingerprint density at radius 3 is 2.72 bits per heavy atom. The Balaban J connectivity index is 1.69. The number of anilines is 3. The number of nitrogens with zero attached hydrogens (tertiary/aromatic N) is 1. The first-order valence-corrected chi connectivity index (χ1v) is 8.86. The van der Waals surface area contributed by atoms with E-state index in [1.165, 1.54) is 12.8 Å². The first-order valence-electron chi connectivity index (χ1n) is 8.86. The number of carbonyl (C=O) groups is 1. The van der Waals surface area contributed by atoms with E-state index >= 15 is 0 Å². The number of nitrogens with one attached hydrogen (secondary N) is 1. The fourth-order valence-electron chi connectivity index (χ4n) is 3.03. The number of ether oxygens (including phenoxy) is 1. The van der Waals surface area contributed by atoms with Gasteiger partial charge >= 0.3 is 0 Å². The van der Waals surface area contributed by atoms with Crippen molar-refractivity contribution in [2.45, 2.75) is 26.2 Å². The fraction of sp³-hybridized carbons (Fsp3) is 0.350. The summed E-state index contributed by atoms with van der Waals surface area (Å²) in [6.07, 6.45) is 3.34. The van der Waals surface area contributed by atoms with Gasteiger partial charge in [0, 0.05) is 24.3 Å². The molecule has 0 aromatic heterocycles. The molecule has 1 saturated heterocycles. The quantitative estimate of drug-likeness (QED) is 0.783. The molecule has 3 N–H and O–H groups in total. The van der Waals surface area contributed by atoms with Gasteiger partial charge in [-0.15, -0.1) is 0 Å². The Hall–Kier alpha value is -2.69. The minimum absolute atomic E-state index is 0.171. The lowest BCUT2D eigenvalue weighted by Crippen LogP contribution is -2.19. The van der Waals surface area contributed by atoms with Crippen molar-refractivity contribution in [1.29, 1.82) is 0 Å². The topological polar surface area (TPSA) is 67.6 Å². The van der Waals surface area contributed by atoms with Gasteiger partial charge in [-0.05, 0) is 55.7 Å². The van der Waals surface area contributed by atoms with Gasteiger partial charge in [0.05, 0.1) is 18.0 Å².